The first-order valence-electron chi connectivity index (χ1n) is 8.90. The van der Waals surface area contributed by atoms with Gasteiger partial charge in [0.25, 0.3) is 0 Å². The molecule has 2 saturated heterocycles. The Bertz CT molecular complexity index is 761. The maximum absolute atomic E-state index is 14.2. The van der Waals surface area contributed by atoms with E-state index in [1.165, 1.54) is 25.5 Å². The van der Waals surface area contributed by atoms with Gasteiger partial charge >= 0.3 is 0 Å². The van der Waals surface area contributed by atoms with Gasteiger partial charge in [-0.25, -0.2) is 9.37 Å². The van der Waals surface area contributed by atoms with Crippen molar-refractivity contribution in [1.82, 2.24) is 14.8 Å². The highest BCUT2D eigenvalue weighted by Gasteiger charge is 2.31. The number of methoxy groups -OCH3 is 1. The van der Waals surface area contributed by atoms with Crippen molar-refractivity contribution in [3.05, 3.63) is 35.5 Å². The first kappa shape index (κ1) is 16.5. The lowest BCUT2D eigenvalue weighted by Gasteiger charge is -2.37. The average Bonchev–Trinajstić information content (AvgIpc) is 3.22. The van der Waals surface area contributed by atoms with Crippen LogP contribution in [0.4, 0.5) is 4.39 Å². The van der Waals surface area contributed by atoms with E-state index in [1.807, 2.05) is 6.92 Å². The number of hydrogen-bond donors (Lipinski definition) is 0. The molecule has 6 heteroatoms. The molecule has 0 amide bonds. The van der Waals surface area contributed by atoms with Gasteiger partial charge in [-0.3, -0.25) is 9.80 Å². The zero-order valence-corrected chi connectivity index (χ0v) is 14.8. The third-order valence-corrected chi connectivity index (χ3v) is 5.34. The monoisotopic (exact) mass is 345 g/mol. The standard InChI is InChI=1S/C19H24FN3O2/c1-13-18(12-22-8-9-23-7-3-4-14(23)11-22)21-19(25-13)16-10-15(24-2)5-6-17(16)20/h5-6,10,14H,3-4,7-9,11-12H2,1-2H3/t14-/m1/s1. The highest BCUT2D eigenvalue weighted by atomic mass is 19.1. The molecule has 0 saturated carbocycles. The molecule has 0 bridgehead atoms. The van der Waals surface area contributed by atoms with Crippen molar-refractivity contribution in [3.8, 4) is 17.2 Å². The van der Waals surface area contributed by atoms with Crippen molar-refractivity contribution in [2.45, 2.75) is 32.4 Å². The Kier molecular flexibility index (Phi) is 4.48. The Morgan fingerprint density at radius 3 is 3.04 bits per heavy atom. The minimum atomic E-state index is -0.354. The van der Waals surface area contributed by atoms with E-state index < -0.39 is 0 Å². The normalized spacial score (nSPS) is 21.5. The number of hydrogen-bond acceptors (Lipinski definition) is 5. The van der Waals surface area contributed by atoms with Crippen LogP contribution in [-0.4, -0.2) is 54.1 Å². The van der Waals surface area contributed by atoms with Gasteiger partial charge in [0.1, 0.15) is 17.3 Å². The lowest BCUT2D eigenvalue weighted by atomic mass is 10.1. The van der Waals surface area contributed by atoms with E-state index in [4.69, 9.17) is 9.15 Å². The van der Waals surface area contributed by atoms with Crippen LogP contribution >= 0.6 is 0 Å². The molecule has 0 spiro atoms. The van der Waals surface area contributed by atoms with Crippen LogP contribution < -0.4 is 4.74 Å². The Morgan fingerprint density at radius 1 is 1.32 bits per heavy atom. The van der Waals surface area contributed by atoms with Crippen LogP contribution in [0.1, 0.15) is 24.3 Å². The summed E-state index contributed by atoms with van der Waals surface area (Å²) in [6, 6.07) is 5.28. The fraction of sp³-hybridized carbons (Fsp3) is 0.526. The minimum Gasteiger partial charge on any atom is -0.497 e. The van der Waals surface area contributed by atoms with E-state index in [2.05, 4.69) is 14.8 Å². The SMILES string of the molecule is COc1ccc(F)c(-c2nc(CN3CCN4CCC[C@@H]4C3)c(C)o2)c1. The summed E-state index contributed by atoms with van der Waals surface area (Å²) in [5.74, 6) is 1.31. The van der Waals surface area contributed by atoms with Crippen molar-refractivity contribution in [1.29, 1.82) is 0 Å². The maximum atomic E-state index is 14.2. The second-order valence-corrected chi connectivity index (χ2v) is 6.93. The number of aromatic nitrogens is 1. The van der Waals surface area contributed by atoms with Gasteiger partial charge in [-0.2, -0.15) is 0 Å². The third-order valence-electron chi connectivity index (χ3n) is 5.34. The summed E-state index contributed by atoms with van der Waals surface area (Å²) in [5.41, 5.74) is 1.23. The molecular formula is C19H24FN3O2. The smallest absolute Gasteiger partial charge is 0.229 e. The van der Waals surface area contributed by atoms with Gasteiger partial charge in [-0.15, -0.1) is 0 Å². The molecule has 1 atom stereocenters. The van der Waals surface area contributed by atoms with E-state index in [0.29, 0.717) is 23.2 Å². The lowest BCUT2D eigenvalue weighted by Crippen LogP contribution is -2.49. The average molecular weight is 345 g/mol. The fourth-order valence-electron chi connectivity index (χ4n) is 3.90. The molecule has 134 valence electrons. The van der Waals surface area contributed by atoms with E-state index in [9.17, 15) is 4.39 Å². The summed E-state index contributed by atoms with van der Waals surface area (Å²) in [4.78, 5) is 9.60. The van der Waals surface area contributed by atoms with Gasteiger partial charge in [0.2, 0.25) is 5.89 Å². The summed E-state index contributed by atoms with van der Waals surface area (Å²) in [7, 11) is 1.56. The Hall–Kier alpha value is -1.92. The van der Waals surface area contributed by atoms with E-state index in [-0.39, 0.29) is 5.82 Å². The number of benzene rings is 1. The highest BCUT2D eigenvalue weighted by molar-refractivity contribution is 5.57. The van der Waals surface area contributed by atoms with E-state index >= 15 is 0 Å². The largest absolute Gasteiger partial charge is 0.497 e. The van der Waals surface area contributed by atoms with Crippen molar-refractivity contribution in [2.75, 3.05) is 33.3 Å². The summed E-state index contributed by atoms with van der Waals surface area (Å²) in [6.07, 6.45) is 2.59. The number of fused-ring (bicyclic) bond motifs is 1. The summed E-state index contributed by atoms with van der Waals surface area (Å²) >= 11 is 0. The van der Waals surface area contributed by atoms with Gasteiger partial charge in [0, 0.05) is 32.2 Å². The maximum Gasteiger partial charge on any atom is 0.229 e. The van der Waals surface area contributed by atoms with Crippen LogP contribution in [0.15, 0.2) is 22.6 Å². The topological polar surface area (TPSA) is 41.7 Å². The van der Waals surface area contributed by atoms with Crippen LogP contribution in [0.3, 0.4) is 0 Å². The molecule has 0 radical (unpaired) electrons. The lowest BCUT2D eigenvalue weighted by molar-refractivity contribution is 0.0982. The van der Waals surface area contributed by atoms with Gasteiger partial charge in [-0.1, -0.05) is 0 Å². The van der Waals surface area contributed by atoms with E-state index in [1.54, 1.807) is 19.2 Å². The second-order valence-electron chi connectivity index (χ2n) is 6.93. The molecule has 25 heavy (non-hydrogen) atoms. The van der Waals surface area contributed by atoms with Gasteiger partial charge in [0.15, 0.2) is 0 Å². The van der Waals surface area contributed by atoms with Crippen molar-refractivity contribution in [3.63, 3.8) is 0 Å². The van der Waals surface area contributed by atoms with Gasteiger partial charge in [0.05, 0.1) is 18.4 Å². The minimum absolute atomic E-state index is 0.323. The summed E-state index contributed by atoms with van der Waals surface area (Å²) in [5, 5.41) is 0. The Labute approximate surface area is 147 Å². The molecule has 1 aromatic heterocycles. The van der Waals surface area contributed by atoms with Crippen molar-refractivity contribution in [2.24, 2.45) is 0 Å². The highest BCUT2D eigenvalue weighted by Crippen LogP contribution is 2.29. The van der Waals surface area contributed by atoms with Crippen molar-refractivity contribution < 1.29 is 13.5 Å². The van der Waals surface area contributed by atoms with Gasteiger partial charge in [-0.05, 0) is 44.5 Å². The first-order chi connectivity index (χ1) is 12.1. The molecule has 0 unspecified atom stereocenters. The molecule has 0 N–H and O–H groups in total. The number of halogens is 1. The Morgan fingerprint density at radius 2 is 2.20 bits per heavy atom. The number of nitrogens with zero attached hydrogens (tertiary/aromatic N) is 3. The molecule has 1 aromatic carbocycles. The van der Waals surface area contributed by atoms with Crippen LogP contribution in [0, 0.1) is 12.7 Å². The quantitative estimate of drug-likeness (QED) is 0.852. The molecule has 4 rings (SSSR count). The van der Waals surface area contributed by atoms with Crippen LogP contribution in [0.5, 0.6) is 5.75 Å². The molecular weight excluding hydrogens is 321 g/mol. The number of oxazole rings is 1. The number of ether oxygens (including phenoxy) is 1. The molecule has 2 aromatic rings. The number of rotatable bonds is 4. The molecule has 2 aliphatic rings. The van der Waals surface area contributed by atoms with E-state index in [0.717, 1.165) is 37.6 Å². The number of aryl methyl sites for hydroxylation is 1. The summed E-state index contributed by atoms with van der Waals surface area (Å²) < 4.78 is 25.1. The van der Waals surface area contributed by atoms with Crippen LogP contribution in [-0.2, 0) is 6.54 Å². The van der Waals surface area contributed by atoms with Crippen LogP contribution in [0.25, 0.3) is 11.5 Å². The van der Waals surface area contributed by atoms with Crippen LogP contribution in [0.2, 0.25) is 0 Å². The summed E-state index contributed by atoms with van der Waals surface area (Å²) in [6.45, 7) is 7.14. The second kappa shape index (κ2) is 6.77. The predicted molar refractivity (Wildman–Crippen MR) is 93.1 cm³/mol. The Balaban J connectivity index is 1.52. The first-order valence-corrected chi connectivity index (χ1v) is 8.90. The molecule has 2 aliphatic heterocycles. The van der Waals surface area contributed by atoms with Crippen molar-refractivity contribution >= 4 is 0 Å². The number of piperazine rings is 1. The molecule has 2 fully saturated rings. The zero-order chi connectivity index (χ0) is 17.4. The molecule has 3 heterocycles. The fourth-order valence-corrected chi connectivity index (χ4v) is 3.90. The third kappa shape index (κ3) is 3.28. The molecule has 5 nitrogen and oxygen atoms in total. The molecule has 0 aliphatic carbocycles. The van der Waals surface area contributed by atoms with Gasteiger partial charge < -0.3 is 9.15 Å². The zero-order valence-electron chi connectivity index (χ0n) is 14.8. The predicted octanol–water partition coefficient (Wildman–Crippen LogP) is 3.08.